The van der Waals surface area contributed by atoms with E-state index in [2.05, 4.69) is 16.6 Å². The fourth-order valence-corrected chi connectivity index (χ4v) is 4.00. The number of hydrogen-bond donors (Lipinski definition) is 2. The Kier molecular flexibility index (Phi) is 12.6. The molecule has 2 saturated heterocycles. The van der Waals surface area contributed by atoms with Crippen LogP contribution in [0.3, 0.4) is 0 Å². The van der Waals surface area contributed by atoms with E-state index in [4.69, 9.17) is 11.2 Å². The van der Waals surface area contributed by atoms with E-state index in [0.29, 0.717) is 32.0 Å². The zero-order valence-electron chi connectivity index (χ0n) is 18.9. The van der Waals surface area contributed by atoms with Crippen LogP contribution in [0.5, 0.6) is 0 Å². The number of amides is 2. The van der Waals surface area contributed by atoms with Gasteiger partial charge in [0.2, 0.25) is 11.8 Å². The summed E-state index contributed by atoms with van der Waals surface area (Å²) >= 11 is 0. The number of esters is 1. The number of ether oxygens (including phenoxy) is 1. The van der Waals surface area contributed by atoms with E-state index in [1.54, 1.807) is 0 Å². The molecular weight excluding hydrogens is 418 g/mol. The molecule has 7 nitrogen and oxygen atoms in total. The number of likely N-dealkylation sites (tertiary alicyclic amines) is 1. The van der Waals surface area contributed by atoms with Crippen molar-refractivity contribution in [2.45, 2.75) is 64.8 Å². The van der Waals surface area contributed by atoms with Gasteiger partial charge in [0, 0.05) is 19.5 Å². The van der Waals surface area contributed by atoms with E-state index in [0.717, 1.165) is 45.2 Å². The molecule has 2 amide bonds. The van der Waals surface area contributed by atoms with E-state index in [1.807, 2.05) is 18.7 Å². The Hall–Kier alpha value is -1.78. The number of nitrogens with one attached hydrogen (secondary N) is 2. The van der Waals surface area contributed by atoms with Crippen molar-refractivity contribution in [3.8, 4) is 12.3 Å². The summed E-state index contributed by atoms with van der Waals surface area (Å²) in [6, 6.07) is -0.692. The maximum absolute atomic E-state index is 12.7. The van der Waals surface area contributed by atoms with E-state index in [1.165, 1.54) is 0 Å². The molecule has 2 aliphatic heterocycles. The summed E-state index contributed by atoms with van der Waals surface area (Å²) in [7, 11) is 0. The van der Waals surface area contributed by atoms with Crippen LogP contribution < -0.4 is 10.6 Å². The topological polar surface area (TPSA) is 87.7 Å². The molecule has 0 unspecified atom stereocenters. The highest BCUT2D eigenvalue weighted by Crippen LogP contribution is 2.21. The van der Waals surface area contributed by atoms with Crippen molar-refractivity contribution < 1.29 is 19.1 Å². The molecule has 31 heavy (non-hydrogen) atoms. The monoisotopic (exact) mass is 455 g/mol. The van der Waals surface area contributed by atoms with Gasteiger partial charge in [-0.1, -0.05) is 19.8 Å². The van der Waals surface area contributed by atoms with Crippen LogP contribution in [0, 0.1) is 30.1 Å². The lowest BCUT2D eigenvalue weighted by Crippen LogP contribution is -2.47. The smallest absolute Gasteiger partial charge is 0.308 e. The predicted molar refractivity (Wildman–Crippen MR) is 123 cm³/mol. The van der Waals surface area contributed by atoms with E-state index >= 15 is 0 Å². The second-order valence-corrected chi connectivity index (χ2v) is 8.92. The molecule has 2 N–H and O–H groups in total. The third-order valence-electron chi connectivity index (χ3n) is 5.84. The van der Waals surface area contributed by atoms with Gasteiger partial charge in [0.15, 0.2) is 0 Å². The maximum atomic E-state index is 12.7. The standard InChI is InChI=1S/C23H37N3O4.ClH/c1-4-20(14-22(28)30-16-17(2)3)25-23(29)19-6-5-13-26(15-19)21(27)8-7-18-9-11-24-12-10-18;/h1,17-20,24H,5-16H2,2-3H3,(H,25,29);1H/t19-,20-;/m1./s1. The van der Waals surface area contributed by atoms with Crippen LogP contribution in [0.2, 0.25) is 0 Å². The molecule has 0 radical (unpaired) electrons. The molecule has 2 rings (SSSR count). The van der Waals surface area contributed by atoms with Crippen molar-refractivity contribution in [3.63, 3.8) is 0 Å². The number of halogens is 1. The normalized spacial score (nSPS) is 20.3. The fourth-order valence-electron chi connectivity index (χ4n) is 4.00. The summed E-state index contributed by atoms with van der Waals surface area (Å²) < 4.78 is 5.15. The molecule has 0 aromatic rings. The molecular formula is C23H38ClN3O4. The minimum absolute atomic E-state index is 0. The van der Waals surface area contributed by atoms with Crippen LogP contribution in [0.15, 0.2) is 0 Å². The van der Waals surface area contributed by atoms with Gasteiger partial charge in [0.05, 0.1) is 18.9 Å². The second-order valence-electron chi connectivity index (χ2n) is 8.92. The Bertz CT molecular complexity index is 629. The number of nitrogens with zero attached hydrogens (tertiary/aromatic N) is 1. The quantitative estimate of drug-likeness (QED) is 0.411. The van der Waals surface area contributed by atoms with Gasteiger partial charge in [-0.25, -0.2) is 0 Å². The van der Waals surface area contributed by atoms with Crippen LogP contribution in [-0.4, -0.2) is 61.5 Å². The van der Waals surface area contributed by atoms with Crippen LogP contribution in [0.4, 0.5) is 0 Å². The molecule has 8 heteroatoms. The Morgan fingerprint density at radius 3 is 2.58 bits per heavy atom. The summed E-state index contributed by atoms with van der Waals surface area (Å²) in [5.74, 6) is 2.57. The van der Waals surface area contributed by atoms with Gasteiger partial charge < -0.3 is 20.3 Å². The zero-order chi connectivity index (χ0) is 21.9. The van der Waals surface area contributed by atoms with Gasteiger partial charge in [-0.2, -0.15) is 0 Å². The molecule has 0 spiro atoms. The first-order valence-electron chi connectivity index (χ1n) is 11.3. The molecule has 2 heterocycles. The molecule has 0 aliphatic carbocycles. The SMILES string of the molecule is C#C[C@H](CC(=O)OCC(C)C)NC(=O)[C@@H]1CCCN(C(=O)CCC2CCNCC2)C1.Cl. The largest absolute Gasteiger partial charge is 0.465 e. The highest BCUT2D eigenvalue weighted by Gasteiger charge is 2.30. The molecule has 2 aliphatic rings. The van der Waals surface area contributed by atoms with Crippen LogP contribution in [-0.2, 0) is 19.1 Å². The van der Waals surface area contributed by atoms with Gasteiger partial charge in [-0.05, 0) is 57.0 Å². The number of carbonyl (C=O) groups is 3. The predicted octanol–water partition coefficient (Wildman–Crippen LogP) is 2.13. The highest BCUT2D eigenvalue weighted by molar-refractivity contribution is 5.85. The molecule has 0 aromatic heterocycles. The Balaban J connectivity index is 0.00000480. The van der Waals surface area contributed by atoms with Crippen LogP contribution in [0.25, 0.3) is 0 Å². The van der Waals surface area contributed by atoms with Gasteiger partial charge in [-0.3, -0.25) is 14.4 Å². The Labute approximate surface area is 192 Å². The first-order chi connectivity index (χ1) is 14.4. The average molecular weight is 456 g/mol. The van der Waals surface area contributed by atoms with Gasteiger partial charge in [0.25, 0.3) is 0 Å². The molecule has 0 saturated carbocycles. The zero-order valence-corrected chi connectivity index (χ0v) is 19.7. The highest BCUT2D eigenvalue weighted by atomic mass is 35.5. The fraction of sp³-hybridized carbons (Fsp3) is 0.783. The third kappa shape index (κ3) is 9.92. The first kappa shape index (κ1) is 27.3. The maximum Gasteiger partial charge on any atom is 0.308 e. The van der Waals surface area contributed by atoms with Gasteiger partial charge in [0.1, 0.15) is 6.04 Å². The third-order valence-corrected chi connectivity index (χ3v) is 5.84. The summed E-state index contributed by atoms with van der Waals surface area (Å²) in [4.78, 5) is 39.0. The number of hydrogen-bond acceptors (Lipinski definition) is 5. The summed E-state index contributed by atoms with van der Waals surface area (Å²) in [5, 5.41) is 6.12. The Morgan fingerprint density at radius 1 is 1.23 bits per heavy atom. The minimum Gasteiger partial charge on any atom is -0.465 e. The molecule has 2 fully saturated rings. The van der Waals surface area contributed by atoms with Crippen molar-refractivity contribution in [2.24, 2.45) is 17.8 Å². The molecule has 2 atom stereocenters. The summed E-state index contributed by atoms with van der Waals surface area (Å²) in [6.45, 7) is 7.44. The molecule has 0 bridgehead atoms. The molecule has 176 valence electrons. The van der Waals surface area contributed by atoms with Crippen LogP contribution >= 0.6 is 12.4 Å². The van der Waals surface area contributed by atoms with Crippen molar-refractivity contribution in [1.29, 1.82) is 0 Å². The van der Waals surface area contributed by atoms with Gasteiger partial charge >= 0.3 is 5.97 Å². The van der Waals surface area contributed by atoms with E-state index in [-0.39, 0.29) is 42.5 Å². The van der Waals surface area contributed by atoms with E-state index < -0.39 is 12.0 Å². The molecule has 0 aromatic carbocycles. The Morgan fingerprint density at radius 2 is 1.94 bits per heavy atom. The van der Waals surface area contributed by atoms with Crippen molar-refractivity contribution in [1.82, 2.24) is 15.5 Å². The lowest BCUT2D eigenvalue weighted by Gasteiger charge is -2.33. The minimum atomic E-state index is -0.692. The summed E-state index contributed by atoms with van der Waals surface area (Å²) in [5.41, 5.74) is 0. The lowest BCUT2D eigenvalue weighted by molar-refractivity contribution is -0.145. The second kappa shape index (κ2) is 14.3. The van der Waals surface area contributed by atoms with Crippen LogP contribution in [0.1, 0.15) is 58.8 Å². The summed E-state index contributed by atoms with van der Waals surface area (Å²) in [6.07, 6.45) is 10.7. The number of piperidine rings is 2. The van der Waals surface area contributed by atoms with Crippen molar-refractivity contribution >= 4 is 30.2 Å². The van der Waals surface area contributed by atoms with E-state index in [9.17, 15) is 14.4 Å². The first-order valence-corrected chi connectivity index (χ1v) is 11.3. The van der Waals surface area contributed by atoms with Crippen molar-refractivity contribution in [3.05, 3.63) is 0 Å². The number of carbonyl (C=O) groups excluding carboxylic acids is 3. The van der Waals surface area contributed by atoms with Crippen molar-refractivity contribution in [2.75, 3.05) is 32.8 Å². The number of terminal acetylenes is 1. The number of rotatable bonds is 9. The average Bonchev–Trinajstić information content (AvgIpc) is 2.76. The van der Waals surface area contributed by atoms with Gasteiger partial charge in [-0.15, -0.1) is 18.8 Å². The lowest BCUT2D eigenvalue weighted by atomic mass is 9.92.